The van der Waals surface area contributed by atoms with Gasteiger partial charge in [0.1, 0.15) is 0 Å². The lowest BCUT2D eigenvalue weighted by Gasteiger charge is -2.22. The van der Waals surface area contributed by atoms with E-state index in [1.54, 1.807) is 7.11 Å². The molecule has 130 valence electrons. The fraction of sp³-hybridized carbons (Fsp3) is 0.588. The number of nitrogens with zero attached hydrogens (tertiary/aromatic N) is 2. The summed E-state index contributed by atoms with van der Waals surface area (Å²) in [4.78, 5) is 6.52. The number of benzene rings is 1. The number of methoxy groups -OCH3 is 1. The highest BCUT2D eigenvalue weighted by atomic mass is 127. The normalized spacial score (nSPS) is 19.7. The second-order valence-corrected chi connectivity index (χ2v) is 5.93. The fourth-order valence-corrected chi connectivity index (χ4v) is 2.45. The van der Waals surface area contributed by atoms with Gasteiger partial charge in [0, 0.05) is 46.0 Å². The Balaban J connectivity index is 0.00000264. The molecule has 1 aromatic rings. The van der Waals surface area contributed by atoms with E-state index in [9.17, 15) is 0 Å². The van der Waals surface area contributed by atoms with Gasteiger partial charge in [0.15, 0.2) is 5.96 Å². The van der Waals surface area contributed by atoms with Gasteiger partial charge >= 0.3 is 0 Å². The zero-order valence-corrected chi connectivity index (χ0v) is 16.8. The summed E-state index contributed by atoms with van der Waals surface area (Å²) in [6, 6.07) is 9.01. The maximum Gasteiger partial charge on any atom is 0.191 e. The van der Waals surface area contributed by atoms with Crippen molar-refractivity contribution in [3.05, 3.63) is 29.8 Å². The van der Waals surface area contributed by atoms with Crippen LogP contribution in [0.15, 0.2) is 29.3 Å². The Labute approximate surface area is 156 Å². The van der Waals surface area contributed by atoms with Crippen LogP contribution in [0.2, 0.25) is 0 Å². The lowest BCUT2D eigenvalue weighted by Crippen LogP contribution is -2.38. The number of ether oxygens (including phenoxy) is 1. The average molecular weight is 432 g/mol. The van der Waals surface area contributed by atoms with Gasteiger partial charge in [0.05, 0.1) is 6.61 Å². The van der Waals surface area contributed by atoms with Gasteiger partial charge in [-0.15, -0.1) is 24.0 Å². The summed E-state index contributed by atoms with van der Waals surface area (Å²) in [5.74, 6) is 1.63. The van der Waals surface area contributed by atoms with E-state index in [0.29, 0.717) is 6.04 Å². The summed E-state index contributed by atoms with van der Waals surface area (Å²) < 4.78 is 5.16. The Hall–Kier alpha value is -1.02. The van der Waals surface area contributed by atoms with Crippen LogP contribution in [0.5, 0.6) is 0 Å². The minimum absolute atomic E-state index is 0. The second kappa shape index (κ2) is 9.97. The molecule has 0 aliphatic heterocycles. The van der Waals surface area contributed by atoms with Crippen molar-refractivity contribution in [2.24, 2.45) is 10.9 Å². The molecule has 0 heterocycles. The molecule has 23 heavy (non-hydrogen) atoms. The number of halogens is 1. The average Bonchev–Trinajstić information content (AvgIpc) is 3.24. The number of likely N-dealkylation sites (N-methyl/N-ethyl adjacent to an activating group) is 1. The van der Waals surface area contributed by atoms with Gasteiger partial charge in [-0.05, 0) is 24.0 Å². The van der Waals surface area contributed by atoms with Crippen molar-refractivity contribution >= 4 is 35.6 Å². The first-order valence-electron chi connectivity index (χ1n) is 7.91. The number of anilines is 1. The molecular weight excluding hydrogens is 403 g/mol. The summed E-state index contributed by atoms with van der Waals surface area (Å²) in [6.45, 7) is 4.61. The molecule has 2 rings (SSSR count). The third kappa shape index (κ3) is 6.18. The van der Waals surface area contributed by atoms with Crippen LogP contribution < -0.4 is 15.5 Å². The van der Waals surface area contributed by atoms with E-state index < -0.39 is 0 Å². The first-order valence-corrected chi connectivity index (χ1v) is 7.91. The van der Waals surface area contributed by atoms with Gasteiger partial charge in [-0.3, -0.25) is 4.99 Å². The maximum atomic E-state index is 5.16. The van der Waals surface area contributed by atoms with Crippen LogP contribution in [0.1, 0.15) is 18.9 Å². The molecule has 1 fully saturated rings. The molecule has 1 saturated carbocycles. The molecular formula is C17H29IN4O. The first-order chi connectivity index (χ1) is 10.7. The zero-order valence-electron chi connectivity index (χ0n) is 14.5. The summed E-state index contributed by atoms with van der Waals surface area (Å²) >= 11 is 0. The SMILES string of the molecule is CN=C(NCc1ccccc1N(C)CCOC)NC1CC1C.I. The molecule has 0 bridgehead atoms. The molecule has 0 saturated heterocycles. The van der Waals surface area contributed by atoms with Crippen LogP contribution in [0.4, 0.5) is 5.69 Å². The van der Waals surface area contributed by atoms with Crippen LogP contribution >= 0.6 is 24.0 Å². The molecule has 0 aromatic heterocycles. The third-order valence-electron chi connectivity index (χ3n) is 4.14. The second-order valence-electron chi connectivity index (χ2n) is 5.93. The van der Waals surface area contributed by atoms with Crippen molar-refractivity contribution in [3.8, 4) is 0 Å². The third-order valence-corrected chi connectivity index (χ3v) is 4.14. The van der Waals surface area contributed by atoms with E-state index in [-0.39, 0.29) is 24.0 Å². The number of para-hydroxylation sites is 1. The van der Waals surface area contributed by atoms with Crippen LogP contribution in [-0.4, -0.2) is 46.4 Å². The Morgan fingerprint density at radius 2 is 2.09 bits per heavy atom. The topological polar surface area (TPSA) is 48.9 Å². The molecule has 0 spiro atoms. The van der Waals surface area contributed by atoms with Crippen molar-refractivity contribution in [2.45, 2.75) is 25.9 Å². The van der Waals surface area contributed by atoms with Gasteiger partial charge in [0.2, 0.25) is 0 Å². The number of hydrogen-bond acceptors (Lipinski definition) is 3. The molecule has 6 heteroatoms. The van der Waals surface area contributed by atoms with Crippen LogP contribution in [-0.2, 0) is 11.3 Å². The van der Waals surface area contributed by atoms with Gasteiger partial charge in [-0.1, -0.05) is 25.1 Å². The van der Waals surface area contributed by atoms with Crippen molar-refractivity contribution < 1.29 is 4.74 Å². The summed E-state index contributed by atoms with van der Waals surface area (Å²) in [5.41, 5.74) is 2.48. The minimum Gasteiger partial charge on any atom is -0.383 e. The van der Waals surface area contributed by atoms with Crippen molar-refractivity contribution in [1.29, 1.82) is 0 Å². The van der Waals surface area contributed by atoms with Crippen molar-refractivity contribution in [1.82, 2.24) is 10.6 Å². The van der Waals surface area contributed by atoms with E-state index in [2.05, 4.69) is 58.8 Å². The number of guanidine groups is 1. The zero-order chi connectivity index (χ0) is 15.9. The summed E-state index contributed by atoms with van der Waals surface area (Å²) in [7, 11) is 5.64. The highest BCUT2D eigenvalue weighted by Crippen LogP contribution is 2.28. The smallest absolute Gasteiger partial charge is 0.191 e. The monoisotopic (exact) mass is 432 g/mol. The first kappa shape index (κ1) is 20.0. The highest BCUT2D eigenvalue weighted by Gasteiger charge is 2.33. The predicted molar refractivity (Wildman–Crippen MR) is 108 cm³/mol. The number of aliphatic imine (C=N–C) groups is 1. The molecule has 0 amide bonds. The minimum atomic E-state index is 0. The quantitative estimate of drug-likeness (QED) is 0.395. The molecule has 1 aliphatic rings. The van der Waals surface area contributed by atoms with E-state index in [1.165, 1.54) is 17.7 Å². The van der Waals surface area contributed by atoms with Crippen LogP contribution in [0, 0.1) is 5.92 Å². The van der Waals surface area contributed by atoms with Crippen molar-refractivity contribution in [3.63, 3.8) is 0 Å². The largest absolute Gasteiger partial charge is 0.383 e. The van der Waals surface area contributed by atoms with Crippen molar-refractivity contribution in [2.75, 3.05) is 39.3 Å². The van der Waals surface area contributed by atoms with Gasteiger partial charge in [-0.25, -0.2) is 0 Å². The lowest BCUT2D eigenvalue weighted by atomic mass is 10.1. The summed E-state index contributed by atoms with van der Waals surface area (Å²) in [5, 5.41) is 6.86. The van der Waals surface area contributed by atoms with Gasteiger partial charge < -0.3 is 20.3 Å². The van der Waals surface area contributed by atoms with Crippen LogP contribution in [0.3, 0.4) is 0 Å². The van der Waals surface area contributed by atoms with E-state index in [1.807, 2.05) is 7.05 Å². The van der Waals surface area contributed by atoms with E-state index in [0.717, 1.165) is 31.6 Å². The molecule has 2 atom stereocenters. The number of nitrogens with one attached hydrogen (secondary N) is 2. The molecule has 0 radical (unpaired) electrons. The van der Waals surface area contributed by atoms with E-state index >= 15 is 0 Å². The molecule has 1 aliphatic carbocycles. The van der Waals surface area contributed by atoms with E-state index in [4.69, 9.17) is 4.74 Å². The lowest BCUT2D eigenvalue weighted by molar-refractivity contribution is 0.206. The predicted octanol–water partition coefficient (Wildman–Crippen LogP) is 2.46. The number of rotatable bonds is 7. The van der Waals surface area contributed by atoms with Crippen LogP contribution in [0.25, 0.3) is 0 Å². The Morgan fingerprint density at radius 1 is 1.39 bits per heavy atom. The Morgan fingerprint density at radius 3 is 2.70 bits per heavy atom. The maximum absolute atomic E-state index is 5.16. The summed E-state index contributed by atoms with van der Waals surface area (Å²) in [6.07, 6.45) is 1.23. The molecule has 1 aromatic carbocycles. The molecule has 2 unspecified atom stereocenters. The number of hydrogen-bond donors (Lipinski definition) is 2. The Bertz CT molecular complexity index is 509. The van der Waals surface area contributed by atoms with Gasteiger partial charge in [0.25, 0.3) is 0 Å². The van der Waals surface area contributed by atoms with Gasteiger partial charge in [-0.2, -0.15) is 0 Å². The highest BCUT2D eigenvalue weighted by molar-refractivity contribution is 14.0. The molecule has 5 nitrogen and oxygen atoms in total. The Kier molecular flexibility index (Phi) is 8.68. The fourth-order valence-electron chi connectivity index (χ4n) is 2.45. The molecule has 2 N–H and O–H groups in total. The standard InChI is InChI=1S/C17H28N4O.HI/c1-13-11-15(13)20-17(18-2)19-12-14-7-5-6-8-16(14)21(3)9-10-22-4;/h5-8,13,15H,9-12H2,1-4H3,(H2,18,19,20);1H.